The van der Waals surface area contributed by atoms with Gasteiger partial charge in [0.1, 0.15) is 11.6 Å². The second-order valence-electron chi connectivity index (χ2n) is 4.78. The molecule has 0 saturated heterocycles. The van der Waals surface area contributed by atoms with E-state index in [9.17, 15) is 0 Å². The molecule has 0 atom stereocenters. The van der Waals surface area contributed by atoms with Gasteiger partial charge in [-0.15, -0.1) is 0 Å². The highest BCUT2D eigenvalue weighted by atomic mass is 16.3. The van der Waals surface area contributed by atoms with E-state index < -0.39 is 0 Å². The van der Waals surface area contributed by atoms with Crippen molar-refractivity contribution in [2.75, 3.05) is 0 Å². The number of hydrogen-bond donors (Lipinski definition) is 0. The van der Waals surface area contributed by atoms with E-state index >= 15 is 0 Å². The Hall–Kier alpha value is -2.03. The van der Waals surface area contributed by atoms with Crippen LogP contribution in [0.5, 0.6) is 0 Å². The minimum atomic E-state index is 0.396. The fourth-order valence-corrected chi connectivity index (χ4v) is 2.26. The van der Waals surface area contributed by atoms with Crippen LogP contribution in [0.4, 0.5) is 0 Å². The summed E-state index contributed by atoms with van der Waals surface area (Å²) in [5.41, 5.74) is 2.21. The van der Waals surface area contributed by atoms with Crippen LogP contribution in [0.15, 0.2) is 47.1 Å². The minimum absolute atomic E-state index is 0.396. The molecular formula is C15H16N2O. The van der Waals surface area contributed by atoms with Gasteiger partial charge in [0, 0.05) is 5.92 Å². The molecule has 0 amide bonds. The summed E-state index contributed by atoms with van der Waals surface area (Å²) in [7, 11) is 0. The number of hydrogen-bond acceptors (Lipinski definition) is 2. The maximum Gasteiger partial charge on any atom is 0.123 e. The maximum atomic E-state index is 5.44. The van der Waals surface area contributed by atoms with Gasteiger partial charge >= 0.3 is 0 Å². The predicted molar refractivity (Wildman–Crippen MR) is 71.6 cm³/mol. The Labute approximate surface area is 106 Å². The van der Waals surface area contributed by atoms with Gasteiger partial charge in [-0.05, 0) is 24.3 Å². The van der Waals surface area contributed by atoms with Crippen molar-refractivity contribution in [1.82, 2.24) is 9.55 Å². The molecule has 3 aromatic rings. The Morgan fingerprint density at radius 1 is 1.17 bits per heavy atom. The summed E-state index contributed by atoms with van der Waals surface area (Å²) in [6.07, 6.45) is 1.71. The molecule has 0 aliphatic heterocycles. The van der Waals surface area contributed by atoms with Gasteiger partial charge < -0.3 is 8.98 Å². The lowest BCUT2D eigenvalue weighted by Crippen LogP contribution is -2.06. The molecule has 3 heteroatoms. The van der Waals surface area contributed by atoms with Crippen molar-refractivity contribution in [3.8, 4) is 0 Å². The molecule has 0 radical (unpaired) electrons. The highest BCUT2D eigenvalue weighted by Gasteiger charge is 2.14. The zero-order valence-electron chi connectivity index (χ0n) is 10.6. The van der Waals surface area contributed by atoms with Crippen LogP contribution in [-0.4, -0.2) is 9.55 Å². The van der Waals surface area contributed by atoms with Crippen molar-refractivity contribution in [3.63, 3.8) is 0 Å². The van der Waals surface area contributed by atoms with Crippen LogP contribution in [0.25, 0.3) is 11.0 Å². The average Bonchev–Trinajstić information content (AvgIpc) is 2.98. The van der Waals surface area contributed by atoms with Crippen LogP contribution >= 0.6 is 0 Å². The van der Waals surface area contributed by atoms with E-state index in [-0.39, 0.29) is 0 Å². The second-order valence-corrected chi connectivity index (χ2v) is 4.78. The van der Waals surface area contributed by atoms with Gasteiger partial charge in [-0.3, -0.25) is 0 Å². The monoisotopic (exact) mass is 240 g/mol. The van der Waals surface area contributed by atoms with Crippen molar-refractivity contribution >= 4 is 11.0 Å². The van der Waals surface area contributed by atoms with Crippen LogP contribution in [0.3, 0.4) is 0 Å². The topological polar surface area (TPSA) is 31.0 Å². The molecule has 0 spiro atoms. The molecule has 2 heterocycles. The summed E-state index contributed by atoms with van der Waals surface area (Å²) in [5, 5.41) is 0. The first-order valence-corrected chi connectivity index (χ1v) is 6.23. The van der Waals surface area contributed by atoms with Gasteiger partial charge in [0.05, 0.1) is 23.8 Å². The van der Waals surface area contributed by atoms with Crippen LogP contribution < -0.4 is 0 Å². The van der Waals surface area contributed by atoms with E-state index in [1.165, 1.54) is 0 Å². The number of nitrogens with zero attached hydrogens (tertiary/aromatic N) is 2. The molecule has 0 unspecified atom stereocenters. The van der Waals surface area contributed by atoms with Gasteiger partial charge in [0.2, 0.25) is 0 Å². The second kappa shape index (κ2) is 4.33. The molecule has 18 heavy (non-hydrogen) atoms. The smallest absolute Gasteiger partial charge is 0.123 e. The fraction of sp³-hybridized carbons (Fsp3) is 0.267. The van der Waals surface area contributed by atoms with E-state index in [0.717, 1.165) is 29.2 Å². The van der Waals surface area contributed by atoms with Crippen LogP contribution in [0, 0.1) is 0 Å². The first-order valence-electron chi connectivity index (χ1n) is 6.23. The van der Waals surface area contributed by atoms with Gasteiger partial charge in [-0.25, -0.2) is 4.98 Å². The summed E-state index contributed by atoms with van der Waals surface area (Å²) >= 11 is 0. The average molecular weight is 240 g/mol. The third-order valence-corrected chi connectivity index (χ3v) is 3.09. The van der Waals surface area contributed by atoms with Crippen molar-refractivity contribution in [3.05, 3.63) is 54.2 Å². The zero-order valence-corrected chi connectivity index (χ0v) is 10.6. The summed E-state index contributed by atoms with van der Waals surface area (Å²) in [4.78, 5) is 4.71. The number of rotatable bonds is 3. The van der Waals surface area contributed by atoms with Crippen molar-refractivity contribution in [2.45, 2.75) is 26.3 Å². The first kappa shape index (κ1) is 11.1. The Morgan fingerprint density at radius 2 is 2.00 bits per heavy atom. The summed E-state index contributed by atoms with van der Waals surface area (Å²) < 4.78 is 7.68. The number of imidazole rings is 1. The largest absolute Gasteiger partial charge is 0.467 e. The van der Waals surface area contributed by atoms with Crippen LogP contribution in [-0.2, 0) is 6.54 Å². The maximum absolute atomic E-state index is 5.44. The molecule has 1 aromatic carbocycles. The van der Waals surface area contributed by atoms with E-state index in [1.54, 1.807) is 6.26 Å². The number of benzene rings is 1. The quantitative estimate of drug-likeness (QED) is 0.697. The fourth-order valence-electron chi connectivity index (χ4n) is 2.26. The van der Waals surface area contributed by atoms with Crippen LogP contribution in [0.1, 0.15) is 31.4 Å². The highest BCUT2D eigenvalue weighted by Crippen LogP contribution is 2.23. The minimum Gasteiger partial charge on any atom is -0.467 e. The summed E-state index contributed by atoms with van der Waals surface area (Å²) in [6.45, 7) is 5.07. The Bertz CT molecular complexity index is 650. The lowest BCUT2D eigenvalue weighted by atomic mass is 10.2. The van der Waals surface area contributed by atoms with Crippen LogP contribution in [0.2, 0.25) is 0 Å². The molecule has 0 aliphatic carbocycles. The lowest BCUT2D eigenvalue weighted by Gasteiger charge is -2.09. The molecule has 92 valence electrons. The number of aromatic nitrogens is 2. The Kier molecular flexibility index (Phi) is 2.67. The Morgan fingerprint density at radius 3 is 2.72 bits per heavy atom. The highest BCUT2D eigenvalue weighted by molar-refractivity contribution is 5.76. The molecule has 0 fully saturated rings. The third kappa shape index (κ3) is 1.82. The summed E-state index contributed by atoms with van der Waals surface area (Å²) in [6, 6.07) is 12.2. The molecule has 0 saturated carbocycles. The third-order valence-electron chi connectivity index (χ3n) is 3.09. The molecule has 3 rings (SSSR count). The molecule has 0 bridgehead atoms. The normalized spacial score (nSPS) is 11.5. The molecule has 0 aliphatic rings. The van der Waals surface area contributed by atoms with Crippen molar-refractivity contribution in [2.24, 2.45) is 0 Å². The van der Waals surface area contributed by atoms with E-state index in [4.69, 9.17) is 9.40 Å². The van der Waals surface area contributed by atoms with E-state index in [0.29, 0.717) is 5.92 Å². The molecular weight excluding hydrogens is 224 g/mol. The van der Waals surface area contributed by atoms with Gasteiger partial charge in [-0.1, -0.05) is 26.0 Å². The Balaban J connectivity index is 2.15. The van der Waals surface area contributed by atoms with E-state index in [2.05, 4.69) is 30.5 Å². The number of fused-ring (bicyclic) bond motifs is 1. The lowest BCUT2D eigenvalue weighted by molar-refractivity contribution is 0.489. The standard InChI is InChI=1S/C15H16N2O/c1-11(2)15-16-13-7-3-4-8-14(13)17(15)10-12-6-5-9-18-12/h3-9,11H,10H2,1-2H3. The first-order chi connectivity index (χ1) is 8.75. The van der Waals surface area contributed by atoms with Gasteiger partial charge in [0.25, 0.3) is 0 Å². The van der Waals surface area contributed by atoms with Gasteiger partial charge in [-0.2, -0.15) is 0 Å². The zero-order chi connectivity index (χ0) is 12.5. The molecule has 2 aromatic heterocycles. The van der Waals surface area contributed by atoms with Crippen molar-refractivity contribution < 1.29 is 4.42 Å². The summed E-state index contributed by atoms with van der Waals surface area (Å²) in [5.74, 6) is 2.46. The predicted octanol–water partition coefficient (Wildman–Crippen LogP) is 3.80. The van der Waals surface area contributed by atoms with E-state index in [1.807, 2.05) is 24.3 Å². The number of furan rings is 1. The van der Waals surface area contributed by atoms with Crippen molar-refractivity contribution in [1.29, 1.82) is 0 Å². The molecule has 0 N–H and O–H groups in total. The van der Waals surface area contributed by atoms with Gasteiger partial charge in [0.15, 0.2) is 0 Å². The molecule has 3 nitrogen and oxygen atoms in total. The number of para-hydroxylation sites is 2. The SMILES string of the molecule is CC(C)c1nc2ccccc2n1Cc1ccco1.